The third kappa shape index (κ3) is 8.47. The number of ether oxygens (including phenoxy) is 2. The van der Waals surface area contributed by atoms with E-state index in [-0.39, 0.29) is 23.4 Å². The van der Waals surface area contributed by atoms with Crippen molar-refractivity contribution >= 4 is 21.8 Å². The van der Waals surface area contributed by atoms with Crippen LogP contribution >= 0.6 is 15.9 Å². The van der Waals surface area contributed by atoms with E-state index in [0.717, 1.165) is 0 Å². The summed E-state index contributed by atoms with van der Waals surface area (Å²) in [4.78, 5) is 11.3. The van der Waals surface area contributed by atoms with E-state index in [1.165, 1.54) is 0 Å². The third-order valence-corrected chi connectivity index (χ3v) is 2.00. The van der Waals surface area contributed by atoms with Crippen LogP contribution in [0.5, 0.6) is 0 Å². The van der Waals surface area contributed by atoms with Gasteiger partial charge in [0.1, 0.15) is 6.61 Å². The lowest BCUT2D eigenvalue weighted by molar-refractivity contribution is -0.127. The Morgan fingerprint density at radius 3 is 2.64 bits per heavy atom. The van der Waals surface area contributed by atoms with Gasteiger partial charge in [-0.2, -0.15) is 0 Å². The lowest BCUT2D eigenvalue weighted by atomic mass is 10.4. The number of amides is 1. The summed E-state index contributed by atoms with van der Waals surface area (Å²) in [7, 11) is 1.62. The molecule has 84 valence electrons. The third-order valence-electron chi connectivity index (χ3n) is 1.42. The molecule has 0 saturated carbocycles. The van der Waals surface area contributed by atoms with Crippen molar-refractivity contribution in [3.63, 3.8) is 0 Å². The zero-order valence-corrected chi connectivity index (χ0v) is 10.5. The van der Waals surface area contributed by atoms with Crippen LogP contribution in [0.4, 0.5) is 0 Å². The minimum absolute atomic E-state index is 0.0829. The Hall–Kier alpha value is -0.130. The number of hydrogen-bond acceptors (Lipinski definition) is 3. The normalized spacial score (nSPS) is 12.9. The Kier molecular flexibility index (Phi) is 8.12. The minimum atomic E-state index is -0.0979. The molecule has 0 spiro atoms. The fourth-order valence-corrected chi connectivity index (χ4v) is 1.18. The summed E-state index contributed by atoms with van der Waals surface area (Å²) in [5, 5.41) is 2.73. The molecule has 1 unspecified atom stereocenters. The number of nitrogens with one attached hydrogen (secondary N) is 1. The summed E-state index contributed by atoms with van der Waals surface area (Å²) in [6.45, 7) is 5.03. The average molecular weight is 268 g/mol. The molecule has 0 fully saturated rings. The largest absolute Gasteiger partial charge is 0.383 e. The molecule has 0 bridgehead atoms. The summed E-state index contributed by atoms with van der Waals surface area (Å²) in [5.41, 5.74) is 0. The molecule has 0 aromatic carbocycles. The predicted molar refractivity (Wildman–Crippen MR) is 58.7 cm³/mol. The van der Waals surface area contributed by atoms with Crippen LogP contribution in [0.15, 0.2) is 0 Å². The SMILES string of the molecule is COCC(Br)CNC(=O)COC(C)C. The molecule has 0 aliphatic rings. The first-order valence-electron chi connectivity index (χ1n) is 4.57. The lowest BCUT2D eigenvalue weighted by Crippen LogP contribution is -2.34. The molecule has 14 heavy (non-hydrogen) atoms. The Labute approximate surface area is 93.5 Å². The molecule has 0 aromatic heterocycles. The number of hydrogen-bond donors (Lipinski definition) is 1. The van der Waals surface area contributed by atoms with Crippen LogP contribution < -0.4 is 5.32 Å². The monoisotopic (exact) mass is 267 g/mol. The van der Waals surface area contributed by atoms with Crippen LogP contribution in [0.25, 0.3) is 0 Å². The van der Waals surface area contributed by atoms with E-state index in [1.54, 1.807) is 7.11 Å². The van der Waals surface area contributed by atoms with E-state index in [4.69, 9.17) is 9.47 Å². The van der Waals surface area contributed by atoms with Crippen molar-refractivity contribution in [1.29, 1.82) is 0 Å². The van der Waals surface area contributed by atoms with Gasteiger partial charge in [-0.3, -0.25) is 4.79 Å². The Morgan fingerprint density at radius 1 is 1.50 bits per heavy atom. The first-order valence-corrected chi connectivity index (χ1v) is 5.49. The number of rotatable bonds is 7. The second-order valence-corrected chi connectivity index (χ2v) is 4.51. The maximum absolute atomic E-state index is 11.2. The molecule has 5 heteroatoms. The summed E-state index contributed by atoms with van der Waals surface area (Å²) in [6.07, 6.45) is 0.0829. The number of halogens is 1. The molecule has 1 N–H and O–H groups in total. The smallest absolute Gasteiger partial charge is 0.246 e. The van der Waals surface area contributed by atoms with Gasteiger partial charge < -0.3 is 14.8 Å². The number of carbonyl (C=O) groups is 1. The van der Waals surface area contributed by atoms with E-state index in [1.807, 2.05) is 13.8 Å². The maximum Gasteiger partial charge on any atom is 0.246 e. The second-order valence-electron chi connectivity index (χ2n) is 3.22. The Bertz CT molecular complexity index is 164. The zero-order valence-electron chi connectivity index (χ0n) is 8.88. The van der Waals surface area contributed by atoms with Gasteiger partial charge in [0, 0.05) is 13.7 Å². The van der Waals surface area contributed by atoms with Gasteiger partial charge in [-0.05, 0) is 13.8 Å². The highest BCUT2D eigenvalue weighted by atomic mass is 79.9. The highest BCUT2D eigenvalue weighted by molar-refractivity contribution is 9.09. The number of alkyl halides is 1. The van der Waals surface area contributed by atoms with Crippen molar-refractivity contribution < 1.29 is 14.3 Å². The molecule has 1 amide bonds. The van der Waals surface area contributed by atoms with Gasteiger partial charge in [0.25, 0.3) is 0 Å². The molecular weight excluding hydrogens is 250 g/mol. The molecule has 0 radical (unpaired) electrons. The van der Waals surface area contributed by atoms with Crippen molar-refractivity contribution in [2.45, 2.75) is 24.8 Å². The van der Waals surface area contributed by atoms with Crippen molar-refractivity contribution in [2.75, 3.05) is 26.9 Å². The van der Waals surface area contributed by atoms with Crippen molar-refractivity contribution in [2.24, 2.45) is 0 Å². The summed E-state index contributed by atoms with van der Waals surface area (Å²) in [5.74, 6) is -0.0979. The molecule has 0 rings (SSSR count). The van der Waals surface area contributed by atoms with Crippen LogP contribution in [-0.4, -0.2) is 43.7 Å². The van der Waals surface area contributed by atoms with Gasteiger partial charge in [-0.15, -0.1) is 0 Å². The first-order chi connectivity index (χ1) is 6.56. The molecule has 4 nitrogen and oxygen atoms in total. The van der Waals surface area contributed by atoms with E-state index in [9.17, 15) is 4.79 Å². The van der Waals surface area contributed by atoms with Crippen LogP contribution in [0.1, 0.15) is 13.8 Å². The lowest BCUT2D eigenvalue weighted by Gasteiger charge is -2.11. The zero-order chi connectivity index (χ0) is 11.0. The second kappa shape index (κ2) is 8.20. The summed E-state index contributed by atoms with van der Waals surface area (Å²) in [6, 6.07) is 0. The molecule has 0 aromatic rings. The first kappa shape index (κ1) is 13.9. The Balaban J connectivity index is 3.43. The van der Waals surface area contributed by atoms with Gasteiger partial charge >= 0.3 is 0 Å². The van der Waals surface area contributed by atoms with Crippen molar-refractivity contribution in [1.82, 2.24) is 5.32 Å². The fourth-order valence-electron chi connectivity index (χ4n) is 0.758. The number of carbonyl (C=O) groups excluding carboxylic acids is 1. The summed E-state index contributed by atoms with van der Waals surface area (Å²) >= 11 is 3.37. The Morgan fingerprint density at radius 2 is 2.14 bits per heavy atom. The standard InChI is InChI=1S/C9H18BrNO3/c1-7(2)14-6-9(12)11-4-8(10)5-13-3/h7-8H,4-6H2,1-3H3,(H,11,12). The highest BCUT2D eigenvalue weighted by Gasteiger charge is 2.07. The quantitative estimate of drug-likeness (QED) is 0.699. The van der Waals surface area contributed by atoms with Crippen LogP contribution in [0.2, 0.25) is 0 Å². The molecule has 0 saturated heterocycles. The minimum Gasteiger partial charge on any atom is -0.383 e. The van der Waals surface area contributed by atoms with E-state index in [2.05, 4.69) is 21.2 Å². The van der Waals surface area contributed by atoms with Crippen molar-refractivity contribution in [3.05, 3.63) is 0 Å². The highest BCUT2D eigenvalue weighted by Crippen LogP contribution is 1.97. The molecular formula is C9H18BrNO3. The van der Waals surface area contributed by atoms with E-state index < -0.39 is 0 Å². The fraction of sp³-hybridized carbons (Fsp3) is 0.889. The van der Waals surface area contributed by atoms with Gasteiger partial charge in [-0.1, -0.05) is 15.9 Å². The van der Waals surface area contributed by atoms with Crippen LogP contribution in [-0.2, 0) is 14.3 Å². The predicted octanol–water partition coefficient (Wildman–Crippen LogP) is 0.937. The van der Waals surface area contributed by atoms with Crippen molar-refractivity contribution in [3.8, 4) is 0 Å². The van der Waals surface area contributed by atoms with Gasteiger partial charge in [-0.25, -0.2) is 0 Å². The van der Waals surface area contributed by atoms with Gasteiger partial charge in [0.15, 0.2) is 0 Å². The van der Waals surface area contributed by atoms with E-state index >= 15 is 0 Å². The molecule has 0 aliphatic carbocycles. The summed E-state index contributed by atoms with van der Waals surface area (Å²) < 4.78 is 10.0. The van der Waals surface area contributed by atoms with Crippen LogP contribution in [0.3, 0.4) is 0 Å². The molecule has 0 heterocycles. The maximum atomic E-state index is 11.2. The van der Waals surface area contributed by atoms with Crippen LogP contribution in [0, 0.1) is 0 Å². The topological polar surface area (TPSA) is 47.6 Å². The van der Waals surface area contributed by atoms with Gasteiger partial charge in [0.2, 0.25) is 5.91 Å². The number of methoxy groups -OCH3 is 1. The molecule has 0 aliphatic heterocycles. The molecule has 1 atom stereocenters. The average Bonchev–Trinajstić information content (AvgIpc) is 2.12. The van der Waals surface area contributed by atoms with E-state index in [0.29, 0.717) is 13.2 Å². The van der Waals surface area contributed by atoms with Gasteiger partial charge in [0.05, 0.1) is 17.5 Å².